The maximum atomic E-state index is 13.0. The number of ether oxygens (including phenoxy) is 1. The Morgan fingerprint density at radius 2 is 1.65 bits per heavy atom. The molecule has 0 amide bonds. The topological polar surface area (TPSA) is 94.1 Å². The number of nitrogens with one attached hydrogen (secondary N) is 1. The van der Waals surface area contributed by atoms with Crippen molar-refractivity contribution in [2.24, 2.45) is 5.92 Å². The number of para-hydroxylation sites is 1. The van der Waals surface area contributed by atoms with Gasteiger partial charge in [-0.2, -0.15) is 5.10 Å². The number of ketones is 1. The van der Waals surface area contributed by atoms with Crippen molar-refractivity contribution in [3.8, 4) is 0 Å². The second kappa shape index (κ2) is 8.18. The SMILES string of the molecule is CC(C)Cn1nc(C(=O)O[C@@H](C)C(=O)c2c[nH]c3ccccc23)c2ccccc2c1=O. The van der Waals surface area contributed by atoms with E-state index in [4.69, 9.17) is 4.74 Å². The molecule has 0 saturated carbocycles. The third-order valence-electron chi connectivity index (χ3n) is 5.11. The van der Waals surface area contributed by atoms with Crippen LogP contribution in [0, 0.1) is 5.92 Å². The van der Waals surface area contributed by atoms with Gasteiger partial charge in [-0.05, 0) is 25.0 Å². The number of hydrogen-bond acceptors (Lipinski definition) is 5. The molecule has 0 aliphatic carbocycles. The van der Waals surface area contributed by atoms with E-state index < -0.39 is 12.1 Å². The first-order valence-corrected chi connectivity index (χ1v) is 10.2. The van der Waals surface area contributed by atoms with Gasteiger partial charge < -0.3 is 9.72 Å². The van der Waals surface area contributed by atoms with E-state index in [2.05, 4.69) is 10.1 Å². The quantitative estimate of drug-likeness (QED) is 0.379. The number of benzene rings is 2. The Bertz CT molecular complexity index is 1350. The standard InChI is InChI=1S/C24H23N3O4/c1-14(2)13-27-23(29)18-10-5-4-9-17(18)21(26-27)24(30)31-15(3)22(28)19-12-25-20-11-7-6-8-16(19)20/h4-12,14-15,25H,13H2,1-3H3/t15-/m0/s1. The Balaban J connectivity index is 1.67. The van der Waals surface area contributed by atoms with E-state index in [0.29, 0.717) is 22.9 Å². The highest BCUT2D eigenvalue weighted by Crippen LogP contribution is 2.21. The summed E-state index contributed by atoms with van der Waals surface area (Å²) < 4.78 is 6.79. The first-order valence-electron chi connectivity index (χ1n) is 10.2. The van der Waals surface area contributed by atoms with Gasteiger partial charge in [-0.15, -0.1) is 0 Å². The molecule has 0 fully saturated rings. The number of H-pyrrole nitrogens is 1. The molecule has 0 aliphatic rings. The Morgan fingerprint density at radius 3 is 2.35 bits per heavy atom. The van der Waals surface area contributed by atoms with E-state index in [1.54, 1.807) is 30.5 Å². The minimum atomic E-state index is -1.02. The second-order valence-corrected chi connectivity index (χ2v) is 7.94. The van der Waals surface area contributed by atoms with Crippen molar-refractivity contribution < 1.29 is 14.3 Å². The largest absolute Gasteiger partial charge is 0.449 e. The lowest BCUT2D eigenvalue weighted by Crippen LogP contribution is -2.30. The molecule has 4 aromatic rings. The van der Waals surface area contributed by atoms with Crippen molar-refractivity contribution in [2.75, 3.05) is 0 Å². The Hall–Kier alpha value is -3.74. The number of carbonyl (C=O) groups is 2. The van der Waals surface area contributed by atoms with E-state index >= 15 is 0 Å². The van der Waals surface area contributed by atoms with Crippen LogP contribution >= 0.6 is 0 Å². The number of esters is 1. The number of Topliss-reactive ketones (excluding diaryl/α,β-unsaturated/α-hetero) is 1. The smallest absolute Gasteiger partial charge is 0.360 e. The van der Waals surface area contributed by atoms with Gasteiger partial charge in [-0.1, -0.05) is 50.2 Å². The van der Waals surface area contributed by atoms with Gasteiger partial charge in [0.15, 0.2) is 11.8 Å². The van der Waals surface area contributed by atoms with Crippen molar-refractivity contribution in [1.82, 2.24) is 14.8 Å². The van der Waals surface area contributed by atoms with Crippen LogP contribution < -0.4 is 5.56 Å². The predicted octanol–water partition coefficient (Wildman–Crippen LogP) is 3.96. The van der Waals surface area contributed by atoms with Crippen molar-refractivity contribution in [3.63, 3.8) is 0 Å². The molecule has 1 N–H and O–H groups in total. The molecule has 2 aromatic heterocycles. The fourth-order valence-electron chi connectivity index (χ4n) is 3.62. The number of aromatic nitrogens is 3. The molecule has 0 spiro atoms. The molecule has 31 heavy (non-hydrogen) atoms. The first-order chi connectivity index (χ1) is 14.9. The van der Waals surface area contributed by atoms with E-state index in [0.717, 1.165) is 10.9 Å². The van der Waals surface area contributed by atoms with Crippen molar-refractivity contribution >= 4 is 33.4 Å². The lowest BCUT2D eigenvalue weighted by molar-refractivity contribution is 0.0313. The number of carbonyl (C=O) groups excluding carboxylic acids is 2. The number of nitrogens with zero attached hydrogens (tertiary/aromatic N) is 2. The Morgan fingerprint density at radius 1 is 1.00 bits per heavy atom. The summed E-state index contributed by atoms with van der Waals surface area (Å²) in [5.41, 5.74) is 1.05. The summed E-state index contributed by atoms with van der Waals surface area (Å²) in [6, 6.07) is 14.2. The zero-order valence-electron chi connectivity index (χ0n) is 17.6. The summed E-state index contributed by atoms with van der Waals surface area (Å²) in [6.07, 6.45) is 0.603. The van der Waals surface area contributed by atoms with Gasteiger partial charge >= 0.3 is 5.97 Å². The lowest BCUT2D eigenvalue weighted by atomic mass is 10.1. The Labute approximate surface area is 178 Å². The molecule has 2 heterocycles. The highest BCUT2D eigenvalue weighted by molar-refractivity contribution is 6.11. The number of fused-ring (bicyclic) bond motifs is 2. The molecule has 2 aromatic carbocycles. The van der Waals surface area contributed by atoms with Gasteiger partial charge in [0.2, 0.25) is 5.78 Å². The van der Waals surface area contributed by atoms with Crippen LogP contribution in [0.5, 0.6) is 0 Å². The summed E-state index contributed by atoms with van der Waals surface area (Å²) in [7, 11) is 0. The van der Waals surface area contributed by atoms with Gasteiger partial charge in [0, 0.05) is 34.6 Å². The van der Waals surface area contributed by atoms with Gasteiger partial charge in [-0.3, -0.25) is 9.59 Å². The minimum absolute atomic E-state index is 0.0226. The molecule has 7 heteroatoms. The van der Waals surface area contributed by atoms with Crippen LogP contribution in [0.2, 0.25) is 0 Å². The van der Waals surface area contributed by atoms with Crippen LogP contribution in [-0.4, -0.2) is 32.6 Å². The molecular formula is C24H23N3O4. The molecule has 1 atom stereocenters. The molecule has 0 unspecified atom stereocenters. The molecule has 0 saturated heterocycles. The van der Waals surface area contributed by atoms with E-state index in [1.165, 1.54) is 11.6 Å². The molecule has 0 aliphatic heterocycles. The maximum absolute atomic E-state index is 13.0. The van der Waals surface area contributed by atoms with Gasteiger partial charge in [0.1, 0.15) is 0 Å². The summed E-state index contributed by atoms with van der Waals surface area (Å²) in [4.78, 5) is 41.7. The number of rotatable bonds is 6. The fraction of sp³-hybridized carbons (Fsp3) is 0.250. The van der Waals surface area contributed by atoms with Crippen molar-refractivity contribution in [2.45, 2.75) is 33.4 Å². The average Bonchev–Trinajstić information content (AvgIpc) is 3.19. The van der Waals surface area contributed by atoms with Crippen LogP contribution in [0.25, 0.3) is 21.7 Å². The number of hydrogen-bond donors (Lipinski definition) is 1. The van der Waals surface area contributed by atoms with Crippen LogP contribution in [0.1, 0.15) is 41.6 Å². The summed E-state index contributed by atoms with van der Waals surface area (Å²) in [5.74, 6) is -0.891. The first kappa shape index (κ1) is 20.5. The van der Waals surface area contributed by atoms with E-state index in [-0.39, 0.29) is 23.0 Å². The monoisotopic (exact) mass is 417 g/mol. The van der Waals surface area contributed by atoms with E-state index in [9.17, 15) is 14.4 Å². The third kappa shape index (κ3) is 3.86. The van der Waals surface area contributed by atoms with Gasteiger partial charge in [0.05, 0.1) is 5.39 Å². The zero-order chi connectivity index (χ0) is 22.1. The Kier molecular flexibility index (Phi) is 5.42. The minimum Gasteiger partial charge on any atom is -0.449 e. The van der Waals surface area contributed by atoms with Crippen LogP contribution in [0.4, 0.5) is 0 Å². The molecule has 4 rings (SSSR count). The number of aromatic amines is 1. The maximum Gasteiger partial charge on any atom is 0.360 e. The van der Waals surface area contributed by atoms with Crippen LogP contribution in [0.3, 0.4) is 0 Å². The predicted molar refractivity (Wildman–Crippen MR) is 118 cm³/mol. The normalized spacial score (nSPS) is 12.4. The molecule has 158 valence electrons. The molecule has 0 bridgehead atoms. The van der Waals surface area contributed by atoms with Gasteiger partial charge in [-0.25, -0.2) is 9.48 Å². The second-order valence-electron chi connectivity index (χ2n) is 7.94. The average molecular weight is 417 g/mol. The highest BCUT2D eigenvalue weighted by atomic mass is 16.5. The van der Waals surface area contributed by atoms with Crippen molar-refractivity contribution in [1.29, 1.82) is 0 Å². The third-order valence-corrected chi connectivity index (χ3v) is 5.11. The molecule has 0 radical (unpaired) electrons. The van der Waals surface area contributed by atoms with E-state index in [1.807, 2.05) is 38.1 Å². The molecule has 7 nitrogen and oxygen atoms in total. The highest BCUT2D eigenvalue weighted by Gasteiger charge is 2.25. The zero-order valence-corrected chi connectivity index (χ0v) is 17.6. The van der Waals surface area contributed by atoms with Crippen molar-refractivity contribution in [3.05, 3.63) is 76.3 Å². The molecular weight excluding hydrogens is 394 g/mol. The van der Waals surface area contributed by atoms with Crippen LogP contribution in [0.15, 0.2) is 59.5 Å². The van der Waals surface area contributed by atoms with Gasteiger partial charge in [0.25, 0.3) is 5.56 Å². The summed E-state index contributed by atoms with van der Waals surface area (Å²) in [5, 5.41) is 5.84. The summed E-state index contributed by atoms with van der Waals surface area (Å²) in [6.45, 7) is 5.83. The lowest BCUT2D eigenvalue weighted by Gasteiger charge is -2.15. The fourth-order valence-corrected chi connectivity index (χ4v) is 3.62. The summed E-state index contributed by atoms with van der Waals surface area (Å²) >= 11 is 0. The van der Waals surface area contributed by atoms with Crippen LogP contribution in [-0.2, 0) is 11.3 Å².